The van der Waals surface area contributed by atoms with Crippen LogP contribution < -0.4 is 0 Å². The average molecular weight is 748 g/mol. The maximum Gasteiger partial charge on any atom is 4.00 e. The predicted molar refractivity (Wildman–Crippen MR) is 223 cm³/mol. The first-order valence-corrected chi connectivity index (χ1v) is 18.6. The van der Waals surface area contributed by atoms with Crippen LogP contribution in [0.15, 0.2) is 84.9 Å². The average Bonchev–Trinajstić information content (AvgIpc) is 3.72. The van der Waals surface area contributed by atoms with E-state index >= 15 is 0 Å². The van der Waals surface area contributed by atoms with Crippen molar-refractivity contribution in [3.8, 4) is 33.4 Å². The maximum absolute atomic E-state index is 5.91. The summed E-state index contributed by atoms with van der Waals surface area (Å²) >= 11 is 11.8. The summed E-state index contributed by atoms with van der Waals surface area (Å²) in [4.78, 5) is 0. The van der Waals surface area contributed by atoms with Gasteiger partial charge in [0.05, 0.1) is 0 Å². The normalized spacial score (nSPS) is 10.8. The zero-order chi connectivity index (χ0) is 36.5. The molecule has 0 atom stereocenters. The van der Waals surface area contributed by atoms with E-state index in [9.17, 15) is 0 Å². The first kappa shape index (κ1) is 42.4. The van der Waals surface area contributed by atoms with Crippen molar-refractivity contribution in [2.75, 3.05) is 0 Å². The summed E-state index contributed by atoms with van der Waals surface area (Å²) in [6.07, 6.45) is 5.53. The van der Waals surface area contributed by atoms with Gasteiger partial charge in [-0.05, 0) is 80.3 Å². The molecule has 6 aromatic rings. The van der Waals surface area contributed by atoms with Gasteiger partial charge in [0, 0.05) is 0 Å². The van der Waals surface area contributed by atoms with Crippen LogP contribution in [0.3, 0.4) is 0 Å². The maximum atomic E-state index is 5.91. The SMILES string of the molecule is Cc1cc(C)c(-c2c[c-]c3c(c2)-c2cc(-c4c(C)cc(C)cc4C)ccc2C3)c(C)c1.Clc1ccc(Cl)c2[cH-]ccc12.[CH2-]CCC.[CH2-]CCC.[Ti+4]. The van der Waals surface area contributed by atoms with Crippen molar-refractivity contribution in [1.82, 2.24) is 0 Å². The molecular formula is C48H52Cl2Ti. The zero-order valence-corrected chi connectivity index (χ0v) is 34.9. The van der Waals surface area contributed by atoms with Gasteiger partial charge in [0.25, 0.3) is 0 Å². The van der Waals surface area contributed by atoms with Gasteiger partial charge in [-0.25, -0.2) is 0 Å². The molecule has 262 valence electrons. The Morgan fingerprint density at radius 2 is 1.14 bits per heavy atom. The van der Waals surface area contributed by atoms with Crippen LogP contribution >= 0.6 is 23.2 Å². The van der Waals surface area contributed by atoms with Gasteiger partial charge in [0.2, 0.25) is 0 Å². The Hall–Kier alpha value is -3.00. The topological polar surface area (TPSA) is 0 Å². The zero-order valence-electron chi connectivity index (χ0n) is 31.8. The Morgan fingerprint density at radius 1 is 0.647 bits per heavy atom. The van der Waals surface area contributed by atoms with Crippen LogP contribution in [0.5, 0.6) is 0 Å². The van der Waals surface area contributed by atoms with Crippen LogP contribution in [0, 0.1) is 61.5 Å². The number of aryl methyl sites for hydroxylation is 6. The van der Waals surface area contributed by atoms with Gasteiger partial charge in [-0.15, -0.1) is 39.6 Å². The van der Waals surface area contributed by atoms with Gasteiger partial charge in [-0.3, -0.25) is 0 Å². The van der Waals surface area contributed by atoms with E-state index < -0.39 is 0 Å². The van der Waals surface area contributed by atoms with Crippen molar-refractivity contribution in [2.45, 2.75) is 87.5 Å². The molecule has 0 saturated carbocycles. The van der Waals surface area contributed by atoms with Gasteiger partial charge in [0.15, 0.2) is 0 Å². The Labute approximate surface area is 333 Å². The van der Waals surface area contributed by atoms with E-state index in [1.807, 2.05) is 30.3 Å². The fourth-order valence-corrected chi connectivity index (χ4v) is 7.27. The van der Waals surface area contributed by atoms with E-state index in [1.165, 1.54) is 90.7 Å². The molecule has 3 heteroatoms. The van der Waals surface area contributed by atoms with E-state index in [4.69, 9.17) is 23.2 Å². The number of rotatable bonds is 4. The molecule has 6 aromatic carbocycles. The van der Waals surface area contributed by atoms with E-state index in [0.717, 1.165) is 40.1 Å². The molecular weight excluding hydrogens is 695 g/mol. The molecule has 0 unspecified atom stereocenters. The molecule has 0 bridgehead atoms. The largest absolute Gasteiger partial charge is 4.00 e. The molecule has 7 rings (SSSR count). The van der Waals surface area contributed by atoms with Gasteiger partial charge in [-0.2, -0.15) is 48.7 Å². The van der Waals surface area contributed by atoms with Crippen molar-refractivity contribution in [3.05, 3.63) is 159 Å². The smallest absolute Gasteiger partial charge is 0.343 e. The van der Waals surface area contributed by atoms with Crippen molar-refractivity contribution >= 4 is 34.0 Å². The fourth-order valence-electron chi connectivity index (χ4n) is 6.82. The van der Waals surface area contributed by atoms with E-state index in [2.05, 4.69) is 130 Å². The standard InChI is InChI=1S/C31H29.C9H5Cl2.2C4H9.Ti/c1-18-11-20(3)30(21(4)12-18)26-9-7-24-15-25-8-10-27(17-29(25)28(24)16-26)31-22(5)13-19(2)14-23(31)6;10-8-4-5-9(11)7-3-1-2-6(7)8;2*1-3-4-2;/h7,9-14,16-17H,15H2,1-6H3;1-5H;2*1,3-4H2,2H3;/q4*-1;+4. The minimum atomic E-state index is 0. The minimum Gasteiger partial charge on any atom is -0.343 e. The molecule has 0 fully saturated rings. The van der Waals surface area contributed by atoms with Gasteiger partial charge < -0.3 is 13.8 Å². The Morgan fingerprint density at radius 3 is 1.65 bits per heavy atom. The Bertz CT molecular complexity index is 1870. The summed E-state index contributed by atoms with van der Waals surface area (Å²) in [7, 11) is 0. The van der Waals surface area contributed by atoms with E-state index in [1.54, 1.807) is 0 Å². The predicted octanol–water partition coefficient (Wildman–Crippen LogP) is 15.3. The van der Waals surface area contributed by atoms with Crippen molar-refractivity contribution in [1.29, 1.82) is 0 Å². The number of unbranched alkanes of at least 4 members (excludes halogenated alkanes) is 2. The molecule has 0 spiro atoms. The van der Waals surface area contributed by atoms with E-state index in [-0.39, 0.29) is 21.7 Å². The van der Waals surface area contributed by atoms with Crippen LogP contribution in [-0.4, -0.2) is 0 Å². The Kier molecular flexibility index (Phi) is 16.4. The summed E-state index contributed by atoms with van der Waals surface area (Å²) in [6, 6.07) is 33.9. The number of hydrogen-bond acceptors (Lipinski definition) is 0. The molecule has 0 radical (unpaired) electrons. The molecule has 0 aromatic heterocycles. The number of benzene rings is 5. The molecule has 0 N–H and O–H groups in total. The third kappa shape index (κ3) is 10.3. The molecule has 0 aliphatic heterocycles. The molecule has 1 aliphatic carbocycles. The van der Waals surface area contributed by atoms with Crippen molar-refractivity contribution < 1.29 is 21.7 Å². The summed E-state index contributed by atoms with van der Waals surface area (Å²) in [6.45, 7) is 24.7. The second-order valence-corrected chi connectivity index (χ2v) is 14.3. The van der Waals surface area contributed by atoms with Crippen molar-refractivity contribution in [3.63, 3.8) is 0 Å². The molecule has 0 amide bonds. The third-order valence-corrected chi connectivity index (χ3v) is 9.80. The van der Waals surface area contributed by atoms with Crippen LogP contribution in [-0.2, 0) is 28.1 Å². The number of hydrogen-bond donors (Lipinski definition) is 0. The quantitative estimate of drug-likeness (QED) is 0.124. The second kappa shape index (κ2) is 19.7. The second-order valence-electron chi connectivity index (χ2n) is 13.5. The first-order chi connectivity index (χ1) is 23.9. The molecule has 1 aliphatic rings. The minimum absolute atomic E-state index is 0. The summed E-state index contributed by atoms with van der Waals surface area (Å²) in [5, 5.41) is 3.57. The van der Waals surface area contributed by atoms with E-state index in [0.29, 0.717) is 0 Å². The van der Waals surface area contributed by atoms with Gasteiger partial charge in [-0.1, -0.05) is 132 Å². The fraction of sp³-hybridized carbons (Fsp3) is 0.271. The van der Waals surface area contributed by atoms with Crippen LogP contribution in [0.1, 0.15) is 84.0 Å². The number of halogens is 2. The molecule has 0 saturated heterocycles. The molecule has 0 heterocycles. The van der Waals surface area contributed by atoms with Gasteiger partial charge >= 0.3 is 21.7 Å². The van der Waals surface area contributed by atoms with Crippen molar-refractivity contribution in [2.24, 2.45) is 0 Å². The molecule has 51 heavy (non-hydrogen) atoms. The third-order valence-electron chi connectivity index (χ3n) is 9.14. The van der Waals surface area contributed by atoms with Crippen LogP contribution in [0.4, 0.5) is 0 Å². The summed E-state index contributed by atoms with van der Waals surface area (Å²) in [5.74, 6) is 0. The number of fused-ring (bicyclic) bond motifs is 4. The summed E-state index contributed by atoms with van der Waals surface area (Å²) in [5.41, 5.74) is 18.8. The Balaban J connectivity index is 0.000000289. The first-order valence-electron chi connectivity index (χ1n) is 17.9. The monoisotopic (exact) mass is 746 g/mol. The van der Waals surface area contributed by atoms with Crippen LogP contribution in [0.25, 0.3) is 44.2 Å². The van der Waals surface area contributed by atoms with Crippen LogP contribution in [0.2, 0.25) is 10.0 Å². The van der Waals surface area contributed by atoms with Gasteiger partial charge in [0.1, 0.15) is 0 Å². The summed E-state index contributed by atoms with van der Waals surface area (Å²) < 4.78 is 0. The molecule has 0 nitrogen and oxygen atoms in total.